The molecule has 1 aliphatic rings. The number of aromatic amines is 1. The monoisotopic (exact) mass is 332 g/mol. The molecule has 128 valence electrons. The van der Waals surface area contributed by atoms with Crippen LogP contribution in [-0.2, 0) is 4.79 Å². The summed E-state index contributed by atoms with van der Waals surface area (Å²) in [5.74, 6) is -0.462. The zero-order valence-electron chi connectivity index (χ0n) is 13.7. The lowest BCUT2D eigenvalue weighted by Crippen LogP contribution is -2.34. The summed E-state index contributed by atoms with van der Waals surface area (Å²) in [4.78, 5) is 14.3. The highest BCUT2D eigenvalue weighted by Gasteiger charge is 2.33. The zero-order chi connectivity index (χ0) is 17.3. The maximum absolute atomic E-state index is 13.1. The molecule has 6 nitrogen and oxygen atoms in total. The van der Waals surface area contributed by atoms with E-state index in [2.05, 4.69) is 15.5 Å². The third kappa shape index (κ3) is 3.47. The predicted molar refractivity (Wildman–Crippen MR) is 88.0 cm³/mol. The van der Waals surface area contributed by atoms with Crippen molar-refractivity contribution in [2.24, 2.45) is 0 Å². The highest BCUT2D eigenvalue weighted by molar-refractivity contribution is 5.93. The molecule has 2 aromatic rings. The van der Waals surface area contributed by atoms with Gasteiger partial charge >= 0.3 is 0 Å². The van der Waals surface area contributed by atoms with E-state index in [4.69, 9.17) is 0 Å². The van der Waals surface area contributed by atoms with Crippen molar-refractivity contribution < 1.29 is 14.3 Å². The largest absolute Gasteiger partial charge is 0.392 e. The Morgan fingerprint density at radius 2 is 2.12 bits per heavy atom. The molecule has 1 aromatic carbocycles. The lowest BCUT2D eigenvalue weighted by Gasteiger charge is -2.23. The summed E-state index contributed by atoms with van der Waals surface area (Å²) >= 11 is 0. The van der Waals surface area contributed by atoms with E-state index in [1.165, 1.54) is 12.1 Å². The van der Waals surface area contributed by atoms with E-state index in [-0.39, 0.29) is 24.3 Å². The smallest absolute Gasteiger partial charge is 0.238 e. The first-order valence-corrected chi connectivity index (χ1v) is 7.93. The van der Waals surface area contributed by atoms with Crippen LogP contribution >= 0.6 is 0 Å². The Labute approximate surface area is 139 Å². The average molecular weight is 332 g/mol. The normalized spacial score (nSPS) is 21.2. The zero-order valence-corrected chi connectivity index (χ0v) is 13.7. The summed E-state index contributed by atoms with van der Waals surface area (Å²) in [6.45, 7) is 4.23. The topological polar surface area (TPSA) is 81.2 Å². The summed E-state index contributed by atoms with van der Waals surface area (Å²) in [7, 11) is 0. The van der Waals surface area contributed by atoms with Gasteiger partial charge < -0.3 is 10.4 Å². The van der Waals surface area contributed by atoms with E-state index in [1.807, 2.05) is 18.7 Å². The highest BCUT2D eigenvalue weighted by atomic mass is 19.1. The number of carbonyl (C=O) groups excluding carboxylic acids is 1. The number of hydrogen-bond acceptors (Lipinski definition) is 4. The SMILES string of the molecule is Cc1n[nH]c(C)c1NC(=O)CN1CC(O)CC1c1ccc(F)cc1. The lowest BCUT2D eigenvalue weighted by molar-refractivity contribution is -0.117. The molecule has 2 unspecified atom stereocenters. The minimum atomic E-state index is -0.495. The molecule has 3 N–H and O–H groups in total. The second-order valence-electron chi connectivity index (χ2n) is 6.24. The van der Waals surface area contributed by atoms with Gasteiger partial charge in [0.1, 0.15) is 5.82 Å². The number of halogens is 1. The molecule has 1 saturated heterocycles. The number of aryl methyl sites for hydroxylation is 2. The molecule has 3 rings (SSSR count). The van der Waals surface area contributed by atoms with Crippen LogP contribution in [0.4, 0.5) is 10.1 Å². The number of β-amino-alcohol motifs (C(OH)–C–C–N with tert-alkyl or cyclic N) is 1. The molecule has 2 heterocycles. The third-order valence-corrected chi connectivity index (χ3v) is 4.38. The van der Waals surface area contributed by atoms with Crippen molar-refractivity contribution in [3.8, 4) is 0 Å². The molecule has 24 heavy (non-hydrogen) atoms. The fourth-order valence-electron chi connectivity index (χ4n) is 3.18. The van der Waals surface area contributed by atoms with Crippen LogP contribution in [0.25, 0.3) is 0 Å². The number of benzene rings is 1. The van der Waals surface area contributed by atoms with E-state index < -0.39 is 6.10 Å². The molecule has 7 heteroatoms. The van der Waals surface area contributed by atoms with Gasteiger partial charge in [0.25, 0.3) is 0 Å². The van der Waals surface area contributed by atoms with E-state index in [0.717, 1.165) is 17.0 Å². The molecule has 0 aliphatic carbocycles. The first kappa shape index (κ1) is 16.6. The van der Waals surface area contributed by atoms with Crippen molar-refractivity contribution in [2.75, 3.05) is 18.4 Å². The first-order valence-electron chi connectivity index (χ1n) is 7.93. The number of hydrogen-bond donors (Lipinski definition) is 3. The molecule has 1 aliphatic heterocycles. The molecule has 2 atom stereocenters. The number of amides is 1. The van der Waals surface area contributed by atoms with Crippen molar-refractivity contribution in [2.45, 2.75) is 32.4 Å². The molecule has 1 amide bonds. The van der Waals surface area contributed by atoms with Crippen LogP contribution in [0, 0.1) is 19.7 Å². The molecular weight excluding hydrogens is 311 g/mol. The summed E-state index contributed by atoms with van der Waals surface area (Å²) in [6.07, 6.45) is 0.0353. The third-order valence-electron chi connectivity index (χ3n) is 4.38. The Kier molecular flexibility index (Phi) is 4.64. The van der Waals surface area contributed by atoms with E-state index in [0.29, 0.717) is 18.7 Å². The van der Waals surface area contributed by atoms with Gasteiger partial charge in [-0.3, -0.25) is 14.8 Å². The lowest BCUT2D eigenvalue weighted by atomic mass is 10.0. The maximum Gasteiger partial charge on any atom is 0.238 e. The van der Waals surface area contributed by atoms with Gasteiger partial charge in [0.15, 0.2) is 0 Å². The Balaban J connectivity index is 1.70. The number of anilines is 1. The Hall–Kier alpha value is -2.25. The van der Waals surface area contributed by atoms with Gasteiger partial charge in [-0.1, -0.05) is 12.1 Å². The van der Waals surface area contributed by atoms with Gasteiger partial charge in [-0.05, 0) is 38.0 Å². The first-order chi connectivity index (χ1) is 11.4. The van der Waals surface area contributed by atoms with Crippen LogP contribution < -0.4 is 5.32 Å². The number of aliphatic hydroxyl groups is 1. The van der Waals surface area contributed by atoms with E-state index >= 15 is 0 Å². The summed E-state index contributed by atoms with van der Waals surface area (Å²) in [5.41, 5.74) is 3.13. The standard InChI is InChI=1S/C17H21FN4O2/c1-10-17(11(2)21-20-10)19-16(24)9-22-8-14(23)7-15(22)12-3-5-13(18)6-4-12/h3-6,14-15,23H,7-9H2,1-2H3,(H,19,24)(H,20,21). The van der Waals surface area contributed by atoms with Crippen LogP contribution in [-0.4, -0.2) is 45.3 Å². The number of nitrogens with zero attached hydrogens (tertiary/aromatic N) is 2. The predicted octanol–water partition coefficient (Wildman–Crippen LogP) is 1.91. The van der Waals surface area contributed by atoms with Crippen molar-refractivity contribution in [1.82, 2.24) is 15.1 Å². The van der Waals surface area contributed by atoms with Crippen molar-refractivity contribution in [3.63, 3.8) is 0 Å². The number of likely N-dealkylation sites (tertiary alicyclic amines) is 1. The van der Waals surface area contributed by atoms with Gasteiger partial charge in [0.05, 0.1) is 29.7 Å². The number of nitrogens with one attached hydrogen (secondary N) is 2. The average Bonchev–Trinajstić information content (AvgIpc) is 3.05. The summed E-state index contributed by atoms with van der Waals surface area (Å²) < 4.78 is 13.1. The van der Waals surface area contributed by atoms with E-state index in [1.54, 1.807) is 12.1 Å². The number of H-pyrrole nitrogens is 1. The van der Waals surface area contributed by atoms with Crippen molar-refractivity contribution in [1.29, 1.82) is 0 Å². The van der Waals surface area contributed by atoms with Crippen LogP contribution in [0.2, 0.25) is 0 Å². The number of rotatable bonds is 4. The van der Waals surface area contributed by atoms with Gasteiger partial charge in [0.2, 0.25) is 5.91 Å². The van der Waals surface area contributed by atoms with Crippen LogP contribution in [0.15, 0.2) is 24.3 Å². The van der Waals surface area contributed by atoms with Gasteiger partial charge in [0, 0.05) is 12.6 Å². The second kappa shape index (κ2) is 6.70. The minimum Gasteiger partial charge on any atom is -0.392 e. The molecule has 0 saturated carbocycles. The highest BCUT2D eigenvalue weighted by Crippen LogP contribution is 2.32. The Bertz CT molecular complexity index is 709. The summed E-state index contributed by atoms with van der Waals surface area (Å²) in [6, 6.07) is 6.10. The molecule has 0 bridgehead atoms. The molecule has 1 fully saturated rings. The van der Waals surface area contributed by atoms with Crippen LogP contribution in [0.1, 0.15) is 29.4 Å². The Morgan fingerprint density at radius 3 is 2.75 bits per heavy atom. The van der Waals surface area contributed by atoms with Gasteiger partial charge in [-0.2, -0.15) is 5.10 Å². The van der Waals surface area contributed by atoms with Gasteiger partial charge in [-0.15, -0.1) is 0 Å². The Morgan fingerprint density at radius 1 is 1.42 bits per heavy atom. The number of carbonyl (C=O) groups is 1. The van der Waals surface area contributed by atoms with Crippen LogP contribution in [0.3, 0.4) is 0 Å². The number of aliphatic hydroxyl groups excluding tert-OH is 1. The molecule has 1 aromatic heterocycles. The quantitative estimate of drug-likeness (QED) is 0.799. The number of aromatic nitrogens is 2. The molecular formula is C17H21FN4O2. The van der Waals surface area contributed by atoms with E-state index in [9.17, 15) is 14.3 Å². The maximum atomic E-state index is 13.1. The molecule has 0 spiro atoms. The van der Waals surface area contributed by atoms with Crippen LogP contribution in [0.5, 0.6) is 0 Å². The molecule has 0 radical (unpaired) electrons. The summed E-state index contributed by atoms with van der Waals surface area (Å²) in [5, 5.41) is 19.7. The fourth-order valence-corrected chi connectivity index (χ4v) is 3.18. The second-order valence-corrected chi connectivity index (χ2v) is 6.24. The fraction of sp³-hybridized carbons (Fsp3) is 0.412. The van der Waals surface area contributed by atoms with Crippen molar-refractivity contribution in [3.05, 3.63) is 47.0 Å². The van der Waals surface area contributed by atoms with Crippen molar-refractivity contribution >= 4 is 11.6 Å². The minimum absolute atomic E-state index is 0.0992. The van der Waals surface area contributed by atoms with Gasteiger partial charge in [-0.25, -0.2) is 4.39 Å².